The number of piperazine rings is 1. The van der Waals surface area contributed by atoms with Crippen molar-refractivity contribution < 1.29 is 19.2 Å². The van der Waals surface area contributed by atoms with Crippen LogP contribution in [0.5, 0.6) is 0 Å². The summed E-state index contributed by atoms with van der Waals surface area (Å²) in [6, 6.07) is 16.7. The minimum atomic E-state index is -0.291. The predicted octanol–water partition coefficient (Wildman–Crippen LogP) is 2.37. The molecular weight excluding hydrogens is 406 g/mol. The number of carbonyl (C=O) groups excluding carboxylic acids is 4. The van der Waals surface area contributed by atoms with Gasteiger partial charge in [0, 0.05) is 45.6 Å². The maximum Gasteiger partial charge on any atom is 0.261 e. The van der Waals surface area contributed by atoms with Crippen molar-refractivity contribution in [2.45, 2.75) is 25.7 Å². The number of hydrogen-bond acceptors (Lipinski definition) is 4. The third-order valence-electron chi connectivity index (χ3n) is 6.11. The van der Waals surface area contributed by atoms with E-state index in [9.17, 15) is 19.2 Å². The van der Waals surface area contributed by atoms with E-state index < -0.39 is 0 Å². The first-order valence-corrected chi connectivity index (χ1v) is 11.1. The molecule has 7 heteroatoms. The molecule has 2 heterocycles. The second-order valence-electron chi connectivity index (χ2n) is 8.16. The van der Waals surface area contributed by atoms with Crippen molar-refractivity contribution >= 4 is 23.6 Å². The molecule has 1 saturated heterocycles. The Labute approximate surface area is 187 Å². The first kappa shape index (κ1) is 21.7. The average molecular weight is 434 g/mol. The molecule has 0 bridgehead atoms. The van der Waals surface area contributed by atoms with E-state index >= 15 is 0 Å². The molecule has 4 rings (SSSR count). The SMILES string of the molecule is O=C(CCCN1C(=O)c2ccccc2C1=O)N1CCN(C(=O)CCc2ccccc2)CC1. The van der Waals surface area contributed by atoms with Gasteiger partial charge in [-0.15, -0.1) is 0 Å². The van der Waals surface area contributed by atoms with Gasteiger partial charge in [-0.1, -0.05) is 42.5 Å². The van der Waals surface area contributed by atoms with Gasteiger partial charge < -0.3 is 9.80 Å². The zero-order valence-corrected chi connectivity index (χ0v) is 18.0. The van der Waals surface area contributed by atoms with Crippen LogP contribution in [0.25, 0.3) is 0 Å². The van der Waals surface area contributed by atoms with Crippen LogP contribution in [0.3, 0.4) is 0 Å². The zero-order valence-electron chi connectivity index (χ0n) is 18.0. The molecule has 7 nitrogen and oxygen atoms in total. The van der Waals surface area contributed by atoms with E-state index in [4.69, 9.17) is 0 Å². The molecule has 32 heavy (non-hydrogen) atoms. The van der Waals surface area contributed by atoms with Gasteiger partial charge in [0.25, 0.3) is 11.8 Å². The molecule has 0 aromatic heterocycles. The van der Waals surface area contributed by atoms with Crippen molar-refractivity contribution in [3.05, 3.63) is 71.3 Å². The average Bonchev–Trinajstić information content (AvgIpc) is 3.08. The largest absolute Gasteiger partial charge is 0.339 e. The Bertz CT molecular complexity index is 978. The number of fused-ring (bicyclic) bond motifs is 1. The van der Waals surface area contributed by atoms with Gasteiger partial charge in [0.2, 0.25) is 11.8 Å². The van der Waals surface area contributed by atoms with Crippen molar-refractivity contribution in [3.63, 3.8) is 0 Å². The molecule has 0 N–H and O–H groups in total. The first-order valence-electron chi connectivity index (χ1n) is 11.1. The number of carbonyl (C=O) groups is 4. The minimum absolute atomic E-state index is 0.00186. The molecule has 4 amide bonds. The smallest absolute Gasteiger partial charge is 0.261 e. The number of aryl methyl sites for hydroxylation is 1. The third-order valence-corrected chi connectivity index (χ3v) is 6.11. The summed E-state index contributed by atoms with van der Waals surface area (Å²) in [4.78, 5) is 54.7. The van der Waals surface area contributed by atoms with Crippen LogP contribution < -0.4 is 0 Å². The summed E-state index contributed by atoms with van der Waals surface area (Å²) in [6.45, 7) is 2.34. The van der Waals surface area contributed by atoms with E-state index in [0.717, 1.165) is 12.0 Å². The van der Waals surface area contributed by atoms with E-state index in [1.165, 1.54) is 4.90 Å². The highest BCUT2D eigenvalue weighted by atomic mass is 16.2. The monoisotopic (exact) mass is 433 g/mol. The van der Waals surface area contributed by atoms with E-state index in [-0.39, 0.29) is 36.6 Å². The van der Waals surface area contributed by atoms with Crippen LogP contribution in [-0.2, 0) is 16.0 Å². The van der Waals surface area contributed by atoms with Crippen molar-refractivity contribution in [1.29, 1.82) is 0 Å². The molecule has 2 aromatic carbocycles. The third kappa shape index (κ3) is 4.72. The molecule has 0 saturated carbocycles. The molecule has 0 spiro atoms. The van der Waals surface area contributed by atoms with Gasteiger partial charge in [-0.2, -0.15) is 0 Å². The van der Waals surface area contributed by atoms with Crippen molar-refractivity contribution in [3.8, 4) is 0 Å². The summed E-state index contributed by atoms with van der Waals surface area (Å²) in [5, 5.41) is 0. The Hall–Kier alpha value is -3.48. The molecule has 166 valence electrons. The first-order chi connectivity index (χ1) is 15.5. The van der Waals surface area contributed by atoms with Crippen LogP contribution in [0.4, 0.5) is 0 Å². The normalized spacial score (nSPS) is 15.8. The Morgan fingerprint density at radius 1 is 0.688 bits per heavy atom. The van der Waals surface area contributed by atoms with Gasteiger partial charge in [0.15, 0.2) is 0 Å². The van der Waals surface area contributed by atoms with Gasteiger partial charge in [0.05, 0.1) is 11.1 Å². The molecule has 0 aliphatic carbocycles. The maximum atomic E-state index is 12.6. The predicted molar refractivity (Wildman–Crippen MR) is 119 cm³/mol. The highest BCUT2D eigenvalue weighted by molar-refractivity contribution is 6.21. The Balaban J connectivity index is 1.18. The summed E-state index contributed by atoms with van der Waals surface area (Å²) in [5.41, 5.74) is 2.00. The summed E-state index contributed by atoms with van der Waals surface area (Å²) in [6.07, 6.45) is 1.89. The summed E-state index contributed by atoms with van der Waals surface area (Å²) in [7, 11) is 0. The molecular formula is C25H27N3O4. The molecule has 2 aliphatic rings. The number of hydrogen-bond donors (Lipinski definition) is 0. The summed E-state index contributed by atoms with van der Waals surface area (Å²) in [5.74, 6) is -0.467. The highest BCUT2D eigenvalue weighted by Crippen LogP contribution is 2.22. The van der Waals surface area contributed by atoms with Crippen LogP contribution >= 0.6 is 0 Å². The lowest BCUT2D eigenvalue weighted by atomic mass is 10.1. The summed E-state index contributed by atoms with van der Waals surface area (Å²) >= 11 is 0. The van der Waals surface area contributed by atoms with E-state index in [2.05, 4.69) is 0 Å². The Kier molecular flexibility index (Phi) is 6.63. The van der Waals surface area contributed by atoms with Crippen LogP contribution in [0.2, 0.25) is 0 Å². The molecule has 2 aliphatic heterocycles. The number of benzene rings is 2. The number of rotatable bonds is 7. The van der Waals surface area contributed by atoms with Gasteiger partial charge in [-0.05, 0) is 30.5 Å². The van der Waals surface area contributed by atoms with Gasteiger partial charge >= 0.3 is 0 Å². The Morgan fingerprint density at radius 3 is 1.75 bits per heavy atom. The fourth-order valence-corrected chi connectivity index (χ4v) is 4.25. The molecule has 0 radical (unpaired) electrons. The van der Waals surface area contributed by atoms with Crippen LogP contribution in [-0.4, -0.2) is 71.1 Å². The van der Waals surface area contributed by atoms with Crippen molar-refractivity contribution in [1.82, 2.24) is 14.7 Å². The zero-order chi connectivity index (χ0) is 22.5. The second kappa shape index (κ2) is 9.77. The number of amides is 4. The van der Waals surface area contributed by atoms with Crippen molar-refractivity contribution in [2.24, 2.45) is 0 Å². The number of nitrogens with zero attached hydrogens (tertiary/aromatic N) is 3. The van der Waals surface area contributed by atoms with Crippen LogP contribution in [0.1, 0.15) is 45.5 Å². The van der Waals surface area contributed by atoms with Crippen LogP contribution in [0.15, 0.2) is 54.6 Å². The van der Waals surface area contributed by atoms with E-state index in [1.807, 2.05) is 35.2 Å². The fraction of sp³-hybridized carbons (Fsp3) is 0.360. The lowest BCUT2D eigenvalue weighted by Crippen LogP contribution is -2.50. The second-order valence-corrected chi connectivity index (χ2v) is 8.16. The fourth-order valence-electron chi connectivity index (χ4n) is 4.25. The molecule has 0 unspecified atom stereocenters. The number of imide groups is 1. The Morgan fingerprint density at radius 2 is 1.19 bits per heavy atom. The molecule has 0 atom stereocenters. The van der Waals surface area contributed by atoms with Gasteiger partial charge in [-0.3, -0.25) is 24.1 Å². The van der Waals surface area contributed by atoms with E-state index in [1.54, 1.807) is 29.2 Å². The van der Waals surface area contributed by atoms with Crippen molar-refractivity contribution in [2.75, 3.05) is 32.7 Å². The van der Waals surface area contributed by atoms with Crippen LogP contribution in [0, 0.1) is 0 Å². The minimum Gasteiger partial charge on any atom is -0.339 e. The molecule has 1 fully saturated rings. The quantitative estimate of drug-likeness (QED) is 0.628. The molecule has 2 aromatic rings. The maximum absolute atomic E-state index is 12.6. The summed E-state index contributed by atoms with van der Waals surface area (Å²) < 4.78 is 0. The van der Waals surface area contributed by atoms with Gasteiger partial charge in [0.1, 0.15) is 0 Å². The van der Waals surface area contributed by atoms with Gasteiger partial charge in [-0.25, -0.2) is 0 Å². The topological polar surface area (TPSA) is 78.0 Å². The van der Waals surface area contributed by atoms with E-state index in [0.29, 0.717) is 50.1 Å². The lowest BCUT2D eigenvalue weighted by molar-refractivity contribution is -0.139. The highest BCUT2D eigenvalue weighted by Gasteiger charge is 2.34. The lowest BCUT2D eigenvalue weighted by Gasteiger charge is -2.35. The standard InChI is InChI=1S/C25H27N3O4/c29-22(11-6-14-28-24(31)20-9-4-5-10-21(20)25(28)32)26-15-17-27(18-16-26)23(30)13-12-19-7-2-1-3-8-19/h1-5,7-10H,6,11-18H2.